The first-order chi connectivity index (χ1) is 15.1. The lowest BCUT2D eigenvalue weighted by molar-refractivity contribution is -0.141. The number of carbonyl (C=O) groups is 1. The Morgan fingerprint density at radius 1 is 1.03 bits per heavy atom. The number of carbonyl (C=O) groups excluding carboxylic acids is 1. The van der Waals surface area contributed by atoms with E-state index in [2.05, 4.69) is 15.3 Å². The van der Waals surface area contributed by atoms with Crippen LogP contribution in [0.3, 0.4) is 0 Å². The van der Waals surface area contributed by atoms with E-state index in [4.69, 9.17) is 0 Å². The van der Waals surface area contributed by atoms with Crippen molar-refractivity contribution in [3.05, 3.63) is 70.7 Å². The molecule has 1 aromatic carbocycles. The number of benzene rings is 1. The average Bonchev–Trinajstić information content (AvgIpc) is 3.13. The molecule has 5 nitrogen and oxygen atoms in total. The molecule has 0 bridgehead atoms. The molecule has 0 fully saturated rings. The van der Waals surface area contributed by atoms with Crippen LogP contribution in [-0.2, 0) is 19.1 Å². The molecule has 0 unspecified atom stereocenters. The van der Waals surface area contributed by atoms with Crippen molar-refractivity contribution in [1.82, 2.24) is 9.97 Å². The number of Topliss-reactive ketones (excluding diaryl/α,β-unsaturated/α-hetero) is 1. The molecule has 0 saturated heterocycles. The van der Waals surface area contributed by atoms with E-state index in [-0.39, 0.29) is 5.78 Å². The molecule has 0 aliphatic heterocycles. The summed E-state index contributed by atoms with van der Waals surface area (Å²) in [6.07, 6.45) is -0.234. The van der Waals surface area contributed by atoms with E-state index in [1.54, 1.807) is 6.20 Å². The monoisotopic (exact) mass is 440 g/mol. The van der Waals surface area contributed by atoms with Crippen molar-refractivity contribution in [1.29, 1.82) is 0 Å². The standard InChI is InChI=1S/C24H23F3N4O/c1-14-10-22(29-12-15-4-9-21(28-11-15)24(25,26)27)30-13-18(14)16-5-7-19(31(2)3)23-17(16)6-8-20(23)32/h4-5,7,9-11,13H,6,8,12H2,1-3H3,(H,29,30). The summed E-state index contributed by atoms with van der Waals surface area (Å²) in [7, 11) is 3.86. The maximum atomic E-state index is 12.6. The molecule has 0 radical (unpaired) electrons. The zero-order chi connectivity index (χ0) is 23.0. The number of nitrogens with zero attached hydrogens (tertiary/aromatic N) is 3. The van der Waals surface area contributed by atoms with Crippen LogP contribution in [0.4, 0.5) is 24.7 Å². The van der Waals surface area contributed by atoms with Gasteiger partial charge in [-0.1, -0.05) is 12.1 Å². The van der Waals surface area contributed by atoms with E-state index in [9.17, 15) is 18.0 Å². The third-order valence-corrected chi connectivity index (χ3v) is 5.64. The van der Waals surface area contributed by atoms with Crippen LogP contribution in [0.25, 0.3) is 11.1 Å². The smallest absolute Gasteiger partial charge is 0.377 e. The summed E-state index contributed by atoms with van der Waals surface area (Å²) >= 11 is 0. The van der Waals surface area contributed by atoms with E-state index >= 15 is 0 Å². The topological polar surface area (TPSA) is 58.1 Å². The molecule has 0 atom stereocenters. The van der Waals surface area contributed by atoms with Crippen molar-refractivity contribution >= 4 is 17.3 Å². The maximum absolute atomic E-state index is 12.6. The minimum Gasteiger partial charge on any atom is -0.377 e. The molecule has 1 N–H and O–H groups in total. The van der Waals surface area contributed by atoms with Gasteiger partial charge in [-0.2, -0.15) is 13.2 Å². The number of rotatable bonds is 5. The minimum atomic E-state index is -4.45. The molecular weight excluding hydrogens is 417 g/mol. The van der Waals surface area contributed by atoms with Gasteiger partial charge in [0, 0.05) is 56.3 Å². The van der Waals surface area contributed by atoms with Gasteiger partial charge in [0.05, 0.1) is 0 Å². The molecule has 3 aromatic rings. The molecule has 0 saturated carbocycles. The second-order valence-electron chi connectivity index (χ2n) is 8.09. The number of aryl methyl sites for hydroxylation is 1. The Morgan fingerprint density at radius 2 is 1.81 bits per heavy atom. The SMILES string of the molecule is Cc1cc(NCc2ccc(C(F)(F)F)nc2)ncc1-c1ccc(N(C)C)c2c1CCC2=O. The largest absolute Gasteiger partial charge is 0.433 e. The van der Waals surface area contributed by atoms with Crippen LogP contribution >= 0.6 is 0 Å². The zero-order valence-corrected chi connectivity index (χ0v) is 18.0. The van der Waals surface area contributed by atoms with Crippen LogP contribution in [-0.4, -0.2) is 29.8 Å². The van der Waals surface area contributed by atoms with E-state index in [1.807, 2.05) is 44.1 Å². The lowest BCUT2D eigenvalue weighted by Crippen LogP contribution is -2.13. The van der Waals surface area contributed by atoms with Gasteiger partial charge >= 0.3 is 6.18 Å². The lowest BCUT2D eigenvalue weighted by atomic mass is 9.94. The summed E-state index contributed by atoms with van der Waals surface area (Å²) in [4.78, 5) is 22.4. The normalized spacial score (nSPS) is 13.2. The van der Waals surface area contributed by atoms with Gasteiger partial charge in [0.2, 0.25) is 0 Å². The maximum Gasteiger partial charge on any atom is 0.433 e. The fourth-order valence-electron chi connectivity index (χ4n) is 4.02. The Labute approximate surface area is 184 Å². The van der Waals surface area contributed by atoms with E-state index < -0.39 is 11.9 Å². The molecule has 8 heteroatoms. The van der Waals surface area contributed by atoms with Crippen molar-refractivity contribution in [2.45, 2.75) is 32.5 Å². The number of nitrogens with one attached hydrogen (secondary N) is 1. The van der Waals surface area contributed by atoms with Crippen molar-refractivity contribution < 1.29 is 18.0 Å². The first kappa shape index (κ1) is 21.8. The Morgan fingerprint density at radius 3 is 2.44 bits per heavy atom. The number of aromatic nitrogens is 2. The number of alkyl halides is 3. The Bertz CT molecular complexity index is 1170. The zero-order valence-electron chi connectivity index (χ0n) is 18.0. The number of pyridine rings is 2. The molecule has 0 spiro atoms. The van der Waals surface area contributed by atoms with Gasteiger partial charge in [-0.15, -0.1) is 0 Å². The summed E-state index contributed by atoms with van der Waals surface area (Å²) in [6, 6.07) is 8.28. The average molecular weight is 440 g/mol. The van der Waals surface area contributed by atoms with Gasteiger partial charge in [-0.3, -0.25) is 9.78 Å². The summed E-state index contributed by atoms with van der Waals surface area (Å²) in [5.41, 5.74) is 5.46. The van der Waals surface area contributed by atoms with Crippen molar-refractivity contribution in [3.63, 3.8) is 0 Å². The van der Waals surface area contributed by atoms with Crippen LogP contribution in [0.5, 0.6) is 0 Å². The van der Waals surface area contributed by atoms with Gasteiger partial charge in [-0.25, -0.2) is 4.98 Å². The molecule has 2 heterocycles. The van der Waals surface area contributed by atoms with Crippen molar-refractivity contribution in [2.75, 3.05) is 24.3 Å². The van der Waals surface area contributed by atoms with Crippen LogP contribution in [0.1, 0.15) is 39.2 Å². The fraction of sp³-hybridized carbons (Fsp3) is 0.292. The number of halogens is 3. The number of anilines is 2. The molecule has 1 aliphatic rings. The van der Waals surface area contributed by atoms with Gasteiger partial charge in [0.25, 0.3) is 0 Å². The van der Waals surface area contributed by atoms with Crippen LogP contribution < -0.4 is 10.2 Å². The second kappa shape index (κ2) is 8.26. The molecule has 4 rings (SSSR count). The van der Waals surface area contributed by atoms with E-state index in [1.165, 1.54) is 12.3 Å². The summed E-state index contributed by atoms with van der Waals surface area (Å²) in [6.45, 7) is 2.28. The van der Waals surface area contributed by atoms with E-state index in [0.29, 0.717) is 30.8 Å². The predicted molar refractivity (Wildman–Crippen MR) is 118 cm³/mol. The van der Waals surface area contributed by atoms with Crippen LogP contribution in [0, 0.1) is 6.92 Å². The van der Waals surface area contributed by atoms with E-state index in [0.717, 1.165) is 39.6 Å². The third kappa shape index (κ3) is 4.17. The van der Waals surface area contributed by atoms with Gasteiger partial charge in [0.15, 0.2) is 5.78 Å². The Kier molecular flexibility index (Phi) is 5.62. The highest BCUT2D eigenvalue weighted by atomic mass is 19.4. The van der Waals surface area contributed by atoms with Crippen molar-refractivity contribution in [2.24, 2.45) is 0 Å². The first-order valence-corrected chi connectivity index (χ1v) is 10.2. The lowest BCUT2D eigenvalue weighted by Gasteiger charge is -2.19. The highest BCUT2D eigenvalue weighted by molar-refractivity contribution is 6.07. The van der Waals surface area contributed by atoms with Gasteiger partial charge in [0.1, 0.15) is 11.5 Å². The summed E-state index contributed by atoms with van der Waals surface area (Å²) in [5.74, 6) is 0.781. The molecule has 1 aliphatic carbocycles. The molecule has 32 heavy (non-hydrogen) atoms. The number of fused-ring (bicyclic) bond motifs is 1. The third-order valence-electron chi connectivity index (χ3n) is 5.64. The summed E-state index contributed by atoms with van der Waals surface area (Å²) < 4.78 is 37.9. The molecule has 2 aromatic heterocycles. The number of hydrogen-bond acceptors (Lipinski definition) is 5. The van der Waals surface area contributed by atoms with Crippen LogP contribution in [0.15, 0.2) is 42.7 Å². The highest BCUT2D eigenvalue weighted by Crippen LogP contribution is 2.39. The predicted octanol–water partition coefficient (Wildman–Crippen LogP) is 5.28. The van der Waals surface area contributed by atoms with Gasteiger partial charge < -0.3 is 10.2 Å². The second-order valence-corrected chi connectivity index (χ2v) is 8.09. The first-order valence-electron chi connectivity index (χ1n) is 10.2. The fourth-order valence-corrected chi connectivity index (χ4v) is 4.02. The van der Waals surface area contributed by atoms with Gasteiger partial charge in [-0.05, 0) is 53.8 Å². The minimum absolute atomic E-state index is 0.166. The highest BCUT2D eigenvalue weighted by Gasteiger charge is 2.32. The number of hydrogen-bond donors (Lipinski definition) is 1. The number of ketones is 1. The Hall–Kier alpha value is -3.42. The Balaban J connectivity index is 1.55. The van der Waals surface area contributed by atoms with Crippen LogP contribution in [0.2, 0.25) is 0 Å². The summed E-state index contributed by atoms with van der Waals surface area (Å²) in [5, 5.41) is 3.13. The quantitative estimate of drug-likeness (QED) is 0.585. The molecular formula is C24H23F3N4O. The molecule has 166 valence electrons. The molecule has 0 amide bonds. The van der Waals surface area contributed by atoms with Crippen molar-refractivity contribution in [3.8, 4) is 11.1 Å².